The third-order valence-corrected chi connectivity index (χ3v) is 3.98. The fraction of sp³-hybridized carbons (Fsp3) is 0.909. The Morgan fingerprint density at radius 2 is 2.06 bits per heavy atom. The van der Waals surface area contributed by atoms with Gasteiger partial charge in [-0.1, -0.05) is 0 Å². The smallest absolute Gasteiger partial charge is 0.325 e. The zero-order valence-corrected chi connectivity index (χ0v) is 11.4. The first-order chi connectivity index (χ1) is 7.47. The van der Waals surface area contributed by atoms with E-state index in [9.17, 15) is 4.79 Å². The summed E-state index contributed by atoms with van der Waals surface area (Å²) < 4.78 is 5.46. The van der Waals surface area contributed by atoms with Gasteiger partial charge in [-0.2, -0.15) is 0 Å². The summed E-state index contributed by atoms with van der Waals surface area (Å²) in [7, 11) is 0. The van der Waals surface area contributed by atoms with E-state index in [1.807, 2.05) is 13.8 Å². The van der Waals surface area contributed by atoms with Crippen molar-refractivity contribution < 1.29 is 14.8 Å². The van der Waals surface area contributed by atoms with Crippen molar-refractivity contribution >= 4 is 29.2 Å². The minimum absolute atomic E-state index is 0.0922. The van der Waals surface area contributed by atoms with Crippen molar-refractivity contribution in [2.24, 2.45) is 5.92 Å². The summed E-state index contributed by atoms with van der Waals surface area (Å²) >= 11 is 11.3. The van der Waals surface area contributed by atoms with Crippen LogP contribution in [0, 0.1) is 5.92 Å². The van der Waals surface area contributed by atoms with Gasteiger partial charge in [0.1, 0.15) is 11.0 Å². The Bertz CT molecular complexity index is 240. The van der Waals surface area contributed by atoms with Gasteiger partial charge in [-0.15, -0.1) is 23.2 Å². The number of halogens is 2. The molecule has 0 aromatic rings. The molecule has 1 aliphatic heterocycles. The topological polar surface area (TPSA) is 42.9 Å². The molecule has 0 amide bonds. The highest BCUT2D eigenvalue weighted by Gasteiger charge is 2.36. The molecule has 3 nitrogen and oxygen atoms in total. The third-order valence-electron chi connectivity index (χ3n) is 3.18. The Balaban J connectivity index is 2.52. The Hall–Kier alpha value is 0.01000. The lowest BCUT2D eigenvalue weighted by Crippen LogP contribution is -2.86. The van der Waals surface area contributed by atoms with Crippen molar-refractivity contribution in [2.75, 3.05) is 19.0 Å². The normalized spacial score (nSPS) is 20.5. The molecule has 1 saturated heterocycles. The number of alkyl halides is 2. The van der Waals surface area contributed by atoms with Crippen molar-refractivity contribution in [1.82, 2.24) is 0 Å². The van der Waals surface area contributed by atoms with E-state index in [0.29, 0.717) is 5.92 Å². The first-order valence-electron chi connectivity index (χ1n) is 5.72. The van der Waals surface area contributed by atoms with Crippen LogP contribution in [0.2, 0.25) is 0 Å². The summed E-state index contributed by atoms with van der Waals surface area (Å²) in [5.74, 6) is 0.103. The van der Waals surface area contributed by atoms with Crippen LogP contribution in [0.5, 0.6) is 0 Å². The molecule has 1 heterocycles. The highest BCUT2D eigenvalue weighted by molar-refractivity contribution is 6.35. The number of hydrogen-bond acceptors (Lipinski definition) is 2. The lowest BCUT2D eigenvalue weighted by Gasteiger charge is -2.35. The van der Waals surface area contributed by atoms with E-state index in [4.69, 9.17) is 27.9 Å². The monoisotopic (exact) mass is 268 g/mol. The van der Waals surface area contributed by atoms with E-state index in [1.54, 1.807) is 0 Å². The Morgan fingerprint density at radius 1 is 1.50 bits per heavy atom. The lowest BCUT2D eigenvalue weighted by molar-refractivity contribution is -0.665. The zero-order valence-electron chi connectivity index (χ0n) is 9.84. The van der Waals surface area contributed by atoms with Gasteiger partial charge in [-0.05, 0) is 13.8 Å². The van der Waals surface area contributed by atoms with Gasteiger partial charge in [0.25, 0.3) is 0 Å². The van der Waals surface area contributed by atoms with Crippen LogP contribution in [0.4, 0.5) is 0 Å². The van der Waals surface area contributed by atoms with Crippen molar-refractivity contribution in [3.8, 4) is 0 Å². The second-order valence-corrected chi connectivity index (χ2v) is 5.62. The van der Waals surface area contributed by atoms with Crippen molar-refractivity contribution in [2.45, 2.75) is 37.7 Å². The van der Waals surface area contributed by atoms with Crippen LogP contribution in [-0.2, 0) is 9.53 Å². The van der Waals surface area contributed by atoms with E-state index < -0.39 is 16.9 Å². The molecular weight excluding hydrogens is 249 g/mol. The van der Waals surface area contributed by atoms with Crippen molar-refractivity contribution in [3.63, 3.8) is 0 Å². The molecule has 1 fully saturated rings. The molecule has 0 saturated carbocycles. The van der Waals surface area contributed by atoms with Gasteiger partial charge < -0.3 is 10.1 Å². The lowest BCUT2D eigenvalue weighted by atomic mass is 9.83. The van der Waals surface area contributed by atoms with Crippen LogP contribution in [0.1, 0.15) is 26.7 Å². The predicted molar refractivity (Wildman–Crippen MR) is 64.9 cm³/mol. The maximum Gasteiger partial charge on any atom is 0.325 e. The Kier molecular flexibility index (Phi) is 5.35. The molecule has 1 atom stereocenters. The molecule has 0 radical (unpaired) electrons. The summed E-state index contributed by atoms with van der Waals surface area (Å²) in [4.78, 5) is 11.6. The molecule has 1 unspecified atom stereocenters. The summed E-state index contributed by atoms with van der Waals surface area (Å²) in [6.07, 6.45) is 2.15. The maximum atomic E-state index is 11.6. The highest BCUT2D eigenvalue weighted by atomic mass is 35.5. The van der Waals surface area contributed by atoms with Crippen LogP contribution in [0.3, 0.4) is 0 Å². The molecule has 16 heavy (non-hydrogen) atoms. The number of esters is 1. The average Bonchev–Trinajstić information content (AvgIpc) is 2.28. The zero-order chi connectivity index (χ0) is 12.2. The molecular formula is C11H20Cl2NO2+. The van der Waals surface area contributed by atoms with Crippen LogP contribution in [-0.4, -0.2) is 35.9 Å². The van der Waals surface area contributed by atoms with Gasteiger partial charge in [-0.3, -0.25) is 4.79 Å². The molecule has 0 spiro atoms. The van der Waals surface area contributed by atoms with Gasteiger partial charge in [0.05, 0.1) is 13.1 Å². The number of piperidine rings is 1. The molecule has 0 aliphatic carbocycles. The largest absolute Gasteiger partial charge is 0.458 e. The number of nitrogens with two attached hydrogens (primary N) is 1. The number of hydrogen-bond donors (Lipinski definition) is 1. The standard InChI is InChI=1S/C11H19Cl2NO2/c1-11(2,8-3-5-14-6-4-8)16-10(15)9(13)7-12/h8-9,14H,3-7H2,1-2H3/p+1. The van der Waals surface area contributed by atoms with Crippen LogP contribution in [0.15, 0.2) is 0 Å². The number of rotatable bonds is 4. The van der Waals surface area contributed by atoms with Crippen molar-refractivity contribution in [1.29, 1.82) is 0 Å². The third kappa shape index (κ3) is 3.79. The van der Waals surface area contributed by atoms with E-state index in [0.717, 1.165) is 25.9 Å². The van der Waals surface area contributed by atoms with E-state index in [-0.39, 0.29) is 5.88 Å². The highest BCUT2D eigenvalue weighted by Crippen LogP contribution is 2.28. The molecule has 2 N–H and O–H groups in total. The van der Waals surface area contributed by atoms with Gasteiger partial charge in [0.15, 0.2) is 0 Å². The second-order valence-electron chi connectivity index (χ2n) is 4.79. The van der Waals surface area contributed by atoms with Gasteiger partial charge in [-0.25, -0.2) is 0 Å². The van der Waals surface area contributed by atoms with E-state index in [1.165, 1.54) is 0 Å². The van der Waals surface area contributed by atoms with Gasteiger partial charge >= 0.3 is 5.97 Å². The Morgan fingerprint density at radius 3 is 2.56 bits per heavy atom. The van der Waals surface area contributed by atoms with Crippen LogP contribution in [0.25, 0.3) is 0 Å². The number of ether oxygens (including phenoxy) is 1. The fourth-order valence-electron chi connectivity index (χ4n) is 2.09. The van der Waals surface area contributed by atoms with E-state index >= 15 is 0 Å². The fourth-order valence-corrected chi connectivity index (χ4v) is 2.26. The summed E-state index contributed by atoms with van der Waals surface area (Å²) in [5, 5.41) is 1.55. The Labute approximate surface area is 107 Å². The minimum atomic E-state index is -0.740. The molecule has 0 aromatic carbocycles. The summed E-state index contributed by atoms with van der Waals surface area (Å²) in [6, 6.07) is 0. The molecule has 1 rings (SSSR count). The molecule has 94 valence electrons. The molecule has 0 bridgehead atoms. The first-order valence-corrected chi connectivity index (χ1v) is 6.69. The number of quaternary nitrogens is 1. The SMILES string of the molecule is CC(C)(OC(=O)C(Cl)CCl)C1CC[NH2+]CC1. The van der Waals surface area contributed by atoms with Gasteiger partial charge in [0, 0.05) is 24.6 Å². The number of carbonyl (C=O) groups is 1. The average molecular weight is 269 g/mol. The van der Waals surface area contributed by atoms with Crippen LogP contribution >= 0.6 is 23.2 Å². The second kappa shape index (κ2) is 6.08. The molecule has 0 aromatic heterocycles. The maximum absolute atomic E-state index is 11.6. The molecule has 1 aliphatic rings. The van der Waals surface area contributed by atoms with Crippen molar-refractivity contribution in [3.05, 3.63) is 0 Å². The summed E-state index contributed by atoms with van der Waals surface area (Å²) in [6.45, 7) is 6.12. The molecule has 5 heteroatoms. The number of carbonyl (C=O) groups excluding carboxylic acids is 1. The minimum Gasteiger partial charge on any atom is -0.458 e. The first kappa shape index (κ1) is 14.1. The van der Waals surface area contributed by atoms with Gasteiger partial charge in [0.2, 0.25) is 0 Å². The predicted octanol–water partition coefficient (Wildman–Crippen LogP) is 1.13. The quantitative estimate of drug-likeness (QED) is 0.614. The summed E-state index contributed by atoms with van der Waals surface area (Å²) in [5.41, 5.74) is -0.440. The van der Waals surface area contributed by atoms with E-state index in [2.05, 4.69) is 5.32 Å². The van der Waals surface area contributed by atoms with Crippen LogP contribution < -0.4 is 5.32 Å².